The van der Waals surface area contributed by atoms with E-state index in [0.29, 0.717) is 39.7 Å². The van der Waals surface area contributed by atoms with Gasteiger partial charge in [-0.3, -0.25) is 4.68 Å². The number of halogens is 3. The number of rotatable bonds is 5. The molecule has 0 bridgehead atoms. The zero-order valence-corrected chi connectivity index (χ0v) is 18.4. The summed E-state index contributed by atoms with van der Waals surface area (Å²) in [5.74, 6) is 1.25. The standard InChI is InChI=1S/C22H22F3N7O/c1-11(13-5-15(22(23,24)25)7-16(26)6-13)28-19-18-8-17(14-9-27-32(3)10-14)21(33-4)31-20(18)30-12(2)29-19/h5-11H,26H2,1-4H3,(H,28,29,30,31)/t11-/m1/s1. The molecule has 33 heavy (non-hydrogen) atoms. The van der Waals surface area contributed by atoms with Gasteiger partial charge in [0.2, 0.25) is 5.88 Å². The summed E-state index contributed by atoms with van der Waals surface area (Å²) in [7, 11) is 3.31. The zero-order valence-electron chi connectivity index (χ0n) is 18.4. The molecule has 3 N–H and O–H groups in total. The summed E-state index contributed by atoms with van der Waals surface area (Å²) in [4.78, 5) is 13.4. The molecular formula is C22H22F3N7O. The minimum absolute atomic E-state index is 0.0301. The molecule has 0 aliphatic heterocycles. The summed E-state index contributed by atoms with van der Waals surface area (Å²) >= 11 is 0. The maximum atomic E-state index is 13.3. The third-order valence-corrected chi connectivity index (χ3v) is 5.13. The number of pyridine rings is 1. The first kappa shape index (κ1) is 22.3. The van der Waals surface area contributed by atoms with Gasteiger partial charge in [-0.05, 0) is 43.7 Å². The quantitative estimate of drug-likeness (QED) is 0.425. The molecule has 3 heterocycles. The summed E-state index contributed by atoms with van der Waals surface area (Å²) in [6, 6.07) is 4.79. The number of hydrogen-bond donors (Lipinski definition) is 2. The summed E-state index contributed by atoms with van der Waals surface area (Å²) in [6.45, 7) is 3.44. The van der Waals surface area contributed by atoms with Crippen molar-refractivity contribution in [1.29, 1.82) is 0 Å². The molecule has 0 radical (unpaired) electrons. The molecule has 0 amide bonds. The monoisotopic (exact) mass is 457 g/mol. The Morgan fingerprint density at radius 1 is 1.12 bits per heavy atom. The maximum absolute atomic E-state index is 13.3. The molecule has 1 aromatic carbocycles. The number of hydrogen-bond acceptors (Lipinski definition) is 7. The van der Waals surface area contributed by atoms with Crippen LogP contribution in [-0.4, -0.2) is 31.8 Å². The van der Waals surface area contributed by atoms with Crippen molar-refractivity contribution in [3.63, 3.8) is 0 Å². The van der Waals surface area contributed by atoms with E-state index in [1.54, 1.807) is 31.8 Å². The predicted octanol–water partition coefficient (Wildman–Crippen LogP) is 4.52. The number of anilines is 2. The van der Waals surface area contributed by atoms with E-state index >= 15 is 0 Å². The SMILES string of the molecule is COc1nc2nc(C)nc(N[C@H](C)c3cc(N)cc(C(F)(F)F)c3)c2cc1-c1cnn(C)c1. The number of benzene rings is 1. The lowest BCUT2D eigenvalue weighted by Gasteiger charge is -2.19. The minimum atomic E-state index is -4.50. The first-order valence-electron chi connectivity index (χ1n) is 10.0. The van der Waals surface area contributed by atoms with Gasteiger partial charge in [0.1, 0.15) is 11.6 Å². The minimum Gasteiger partial charge on any atom is -0.480 e. The van der Waals surface area contributed by atoms with Crippen molar-refractivity contribution in [1.82, 2.24) is 24.7 Å². The lowest BCUT2D eigenvalue weighted by Crippen LogP contribution is -2.13. The third-order valence-electron chi connectivity index (χ3n) is 5.13. The number of aromatic nitrogens is 5. The molecule has 8 nitrogen and oxygen atoms in total. The number of nitrogens with zero attached hydrogens (tertiary/aromatic N) is 5. The molecule has 3 aromatic heterocycles. The van der Waals surface area contributed by atoms with Crippen LogP contribution in [-0.2, 0) is 13.2 Å². The lowest BCUT2D eigenvalue weighted by atomic mass is 10.0. The van der Waals surface area contributed by atoms with Gasteiger partial charge in [-0.25, -0.2) is 9.97 Å². The highest BCUT2D eigenvalue weighted by Crippen LogP contribution is 2.36. The highest BCUT2D eigenvalue weighted by molar-refractivity contribution is 5.91. The van der Waals surface area contributed by atoms with Crippen molar-refractivity contribution < 1.29 is 17.9 Å². The second-order valence-corrected chi connectivity index (χ2v) is 7.69. The summed E-state index contributed by atoms with van der Waals surface area (Å²) in [6.07, 6.45) is -0.996. The maximum Gasteiger partial charge on any atom is 0.416 e. The second kappa shape index (κ2) is 8.23. The Bertz CT molecular complexity index is 1330. The number of alkyl halides is 3. The Kier molecular flexibility index (Phi) is 5.56. The lowest BCUT2D eigenvalue weighted by molar-refractivity contribution is -0.137. The van der Waals surface area contributed by atoms with Gasteiger partial charge in [0, 0.05) is 30.1 Å². The van der Waals surface area contributed by atoms with E-state index < -0.39 is 17.8 Å². The average molecular weight is 457 g/mol. The molecule has 172 valence electrons. The Hall–Kier alpha value is -3.89. The largest absolute Gasteiger partial charge is 0.480 e. The van der Waals surface area contributed by atoms with Crippen molar-refractivity contribution in [3.8, 4) is 17.0 Å². The molecule has 0 saturated carbocycles. The van der Waals surface area contributed by atoms with Gasteiger partial charge >= 0.3 is 6.18 Å². The zero-order chi connectivity index (χ0) is 23.9. The van der Waals surface area contributed by atoms with Crippen molar-refractivity contribution in [2.75, 3.05) is 18.2 Å². The number of aryl methyl sites for hydroxylation is 2. The van der Waals surface area contributed by atoms with E-state index in [9.17, 15) is 13.2 Å². The van der Waals surface area contributed by atoms with Crippen LogP contribution >= 0.6 is 0 Å². The topological polar surface area (TPSA) is 104 Å². The van der Waals surface area contributed by atoms with Gasteiger partial charge < -0.3 is 15.8 Å². The van der Waals surface area contributed by atoms with Crippen LogP contribution in [0.25, 0.3) is 22.2 Å². The van der Waals surface area contributed by atoms with Gasteiger partial charge in [0.25, 0.3) is 0 Å². The average Bonchev–Trinajstić information content (AvgIpc) is 3.17. The van der Waals surface area contributed by atoms with Crippen molar-refractivity contribution in [2.24, 2.45) is 7.05 Å². The van der Waals surface area contributed by atoms with E-state index in [0.717, 1.165) is 17.7 Å². The van der Waals surface area contributed by atoms with Crippen LogP contribution in [0.4, 0.5) is 24.7 Å². The van der Waals surface area contributed by atoms with Gasteiger partial charge in [0.15, 0.2) is 5.65 Å². The normalized spacial score (nSPS) is 12.7. The number of nitrogens with two attached hydrogens (primary N) is 1. The molecule has 11 heteroatoms. The first-order valence-corrected chi connectivity index (χ1v) is 10.0. The van der Waals surface area contributed by atoms with Crippen LogP contribution in [0.1, 0.15) is 29.9 Å². The van der Waals surface area contributed by atoms with Crippen LogP contribution in [0.2, 0.25) is 0 Å². The van der Waals surface area contributed by atoms with Crippen molar-refractivity contribution >= 4 is 22.5 Å². The third kappa shape index (κ3) is 4.52. The number of nitrogen functional groups attached to an aromatic ring is 1. The van der Waals surface area contributed by atoms with E-state index in [-0.39, 0.29) is 5.69 Å². The molecule has 0 saturated heterocycles. The van der Waals surface area contributed by atoms with E-state index in [1.165, 1.54) is 13.2 Å². The molecule has 0 unspecified atom stereocenters. The Labute approximate surface area is 187 Å². The molecule has 0 spiro atoms. The molecule has 4 aromatic rings. The molecule has 0 aliphatic carbocycles. The predicted molar refractivity (Wildman–Crippen MR) is 119 cm³/mol. The van der Waals surface area contributed by atoms with Gasteiger partial charge in [0.05, 0.1) is 30.3 Å². The fraction of sp³-hybridized carbons (Fsp3) is 0.273. The second-order valence-electron chi connectivity index (χ2n) is 7.69. The summed E-state index contributed by atoms with van der Waals surface area (Å²) < 4.78 is 46.9. The van der Waals surface area contributed by atoms with Crippen LogP contribution < -0.4 is 15.8 Å². The van der Waals surface area contributed by atoms with Crippen molar-refractivity contribution in [3.05, 3.63) is 53.6 Å². The molecule has 4 rings (SSSR count). The molecule has 0 fully saturated rings. The van der Waals surface area contributed by atoms with E-state index in [1.807, 2.05) is 12.3 Å². The van der Waals surface area contributed by atoms with Gasteiger partial charge in [-0.2, -0.15) is 23.3 Å². The Morgan fingerprint density at radius 3 is 2.52 bits per heavy atom. The molecular weight excluding hydrogens is 435 g/mol. The van der Waals surface area contributed by atoms with Crippen LogP contribution in [0.3, 0.4) is 0 Å². The number of methoxy groups -OCH3 is 1. The fourth-order valence-electron chi connectivity index (χ4n) is 3.56. The summed E-state index contributed by atoms with van der Waals surface area (Å²) in [5, 5.41) is 7.98. The van der Waals surface area contributed by atoms with Crippen LogP contribution in [0, 0.1) is 6.92 Å². The highest BCUT2D eigenvalue weighted by atomic mass is 19.4. The highest BCUT2D eigenvalue weighted by Gasteiger charge is 2.31. The van der Waals surface area contributed by atoms with E-state index in [4.69, 9.17) is 10.5 Å². The van der Waals surface area contributed by atoms with Crippen molar-refractivity contribution in [2.45, 2.75) is 26.1 Å². The first-order chi connectivity index (χ1) is 15.5. The van der Waals surface area contributed by atoms with Crippen LogP contribution in [0.5, 0.6) is 5.88 Å². The van der Waals surface area contributed by atoms with Gasteiger partial charge in [-0.15, -0.1) is 0 Å². The Balaban J connectivity index is 1.80. The number of nitrogens with one attached hydrogen (secondary N) is 1. The summed E-state index contributed by atoms with van der Waals surface area (Å²) in [5.41, 5.74) is 7.20. The smallest absolute Gasteiger partial charge is 0.416 e. The Morgan fingerprint density at radius 2 is 1.88 bits per heavy atom. The molecule has 1 atom stereocenters. The van der Waals surface area contributed by atoms with E-state index in [2.05, 4.69) is 25.4 Å². The van der Waals surface area contributed by atoms with Crippen LogP contribution in [0.15, 0.2) is 36.7 Å². The fourth-order valence-corrected chi connectivity index (χ4v) is 3.56. The molecule has 0 aliphatic rings. The van der Waals surface area contributed by atoms with Gasteiger partial charge in [-0.1, -0.05) is 0 Å². The number of ether oxygens (including phenoxy) is 1. The number of fused-ring (bicyclic) bond motifs is 1.